The van der Waals surface area contributed by atoms with Crippen molar-refractivity contribution in [3.8, 4) is 0 Å². The number of hydrogen-bond acceptors (Lipinski definition) is 6. The minimum atomic E-state index is -0.862. The van der Waals surface area contributed by atoms with E-state index >= 15 is 0 Å². The number of nitrogens with one attached hydrogen (secondary N) is 1. The van der Waals surface area contributed by atoms with Crippen LogP contribution in [0.25, 0.3) is 0 Å². The molecule has 1 atom stereocenters. The summed E-state index contributed by atoms with van der Waals surface area (Å²) in [5, 5.41) is 22.6. The SMILES string of the molecule is CSc1cnc(C)nc1C(O)CNC1CCN(C(=O)O)CC1. The van der Waals surface area contributed by atoms with E-state index < -0.39 is 12.2 Å². The van der Waals surface area contributed by atoms with E-state index in [0.717, 1.165) is 17.7 Å². The van der Waals surface area contributed by atoms with Crippen molar-refractivity contribution in [3.63, 3.8) is 0 Å². The molecule has 122 valence electrons. The lowest BCUT2D eigenvalue weighted by molar-refractivity contribution is 0.122. The second-order valence-corrected chi connectivity index (χ2v) is 6.19. The highest BCUT2D eigenvalue weighted by Crippen LogP contribution is 2.23. The highest BCUT2D eigenvalue weighted by molar-refractivity contribution is 7.98. The van der Waals surface area contributed by atoms with Crippen LogP contribution in [0.15, 0.2) is 11.1 Å². The Labute approximate surface area is 134 Å². The molecule has 1 fully saturated rings. The van der Waals surface area contributed by atoms with Gasteiger partial charge in [0.15, 0.2) is 0 Å². The van der Waals surface area contributed by atoms with Crippen molar-refractivity contribution in [2.45, 2.75) is 36.8 Å². The molecule has 1 aliphatic heterocycles. The van der Waals surface area contributed by atoms with Crippen molar-refractivity contribution in [1.82, 2.24) is 20.2 Å². The fraction of sp³-hybridized carbons (Fsp3) is 0.643. The third-order valence-corrected chi connectivity index (χ3v) is 4.56. The first-order valence-corrected chi connectivity index (χ1v) is 8.50. The number of aliphatic hydroxyl groups excluding tert-OH is 1. The van der Waals surface area contributed by atoms with Gasteiger partial charge in [0.05, 0.1) is 5.69 Å². The molecule has 1 saturated heterocycles. The highest BCUT2D eigenvalue weighted by Gasteiger charge is 2.23. The Kier molecular flexibility index (Phi) is 5.98. The van der Waals surface area contributed by atoms with Gasteiger partial charge < -0.3 is 20.4 Å². The molecule has 0 spiro atoms. The third kappa shape index (κ3) is 4.31. The Hall–Kier alpha value is -1.38. The topological polar surface area (TPSA) is 98.6 Å². The zero-order valence-corrected chi connectivity index (χ0v) is 13.6. The van der Waals surface area contributed by atoms with Crippen LogP contribution in [0.5, 0.6) is 0 Å². The van der Waals surface area contributed by atoms with Crippen molar-refractivity contribution >= 4 is 17.9 Å². The quantitative estimate of drug-likeness (QED) is 0.701. The largest absolute Gasteiger partial charge is 0.465 e. The van der Waals surface area contributed by atoms with Gasteiger partial charge in [0.1, 0.15) is 11.9 Å². The van der Waals surface area contributed by atoms with Gasteiger partial charge in [-0.1, -0.05) is 0 Å². The van der Waals surface area contributed by atoms with Crippen LogP contribution in [0.4, 0.5) is 4.79 Å². The van der Waals surface area contributed by atoms with E-state index in [9.17, 15) is 9.90 Å². The number of aryl methyl sites for hydroxylation is 1. The molecule has 0 saturated carbocycles. The van der Waals surface area contributed by atoms with E-state index in [2.05, 4.69) is 15.3 Å². The average molecular weight is 326 g/mol. The molecule has 1 aromatic rings. The lowest BCUT2D eigenvalue weighted by Gasteiger charge is -2.31. The number of aliphatic hydroxyl groups is 1. The first-order valence-electron chi connectivity index (χ1n) is 7.28. The smallest absolute Gasteiger partial charge is 0.407 e. The van der Waals surface area contributed by atoms with Crippen molar-refractivity contribution in [1.29, 1.82) is 0 Å². The number of piperidine rings is 1. The molecule has 2 heterocycles. The molecule has 2 rings (SSSR count). The Morgan fingerprint density at radius 2 is 2.23 bits per heavy atom. The second-order valence-electron chi connectivity index (χ2n) is 5.34. The number of hydrogen-bond donors (Lipinski definition) is 3. The Balaban J connectivity index is 1.87. The molecule has 0 aromatic carbocycles. The van der Waals surface area contributed by atoms with E-state index in [4.69, 9.17) is 5.11 Å². The molecule has 0 aliphatic carbocycles. The normalized spacial score (nSPS) is 17.5. The highest BCUT2D eigenvalue weighted by atomic mass is 32.2. The fourth-order valence-electron chi connectivity index (χ4n) is 2.52. The zero-order chi connectivity index (χ0) is 16.1. The average Bonchev–Trinajstić information content (AvgIpc) is 2.53. The molecule has 0 radical (unpaired) electrons. The number of nitrogens with zero attached hydrogens (tertiary/aromatic N) is 3. The van der Waals surface area contributed by atoms with Gasteiger partial charge in [-0.3, -0.25) is 0 Å². The summed E-state index contributed by atoms with van der Waals surface area (Å²) in [5.74, 6) is 0.640. The minimum Gasteiger partial charge on any atom is -0.465 e. The molecule has 7 nitrogen and oxygen atoms in total. The Morgan fingerprint density at radius 1 is 1.55 bits per heavy atom. The molecule has 1 aliphatic rings. The van der Waals surface area contributed by atoms with Gasteiger partial charge in [-0.25, -0.2) is 14.8 Å². The van der Waals surface area contributed by atoms with Crippen LogP contribution in [0.3, 0.4) is 0 Å². The molecule has 1 unspecified atom stereocenters. The van der Waals surface area contributed by atoms with Crippen molar-refractivity contribution in [2.24, 2.45) is 0 Å². The van der Waals surface area contributed by atoms with Gasteiger partial charge in [0, 0.05) is 36.8 Å². The van der Waals surface area contributed by atoms with Crippen LogP contribution >= 0.6 is 11.8 Å². The Bertz CT molecular complexity index is 521. The van der Waals surface area contributed by atoms with Gasteiger partial charge in [0.25, 0.3) is 0 Å². The number of rotatable bonds is 5. The summed E-state index contributed by atoms with van der Waals surface area (Å²) >= 11 is 1.51. The number of likely N-dealkylation sites (tertiary alicyclic amines) is 1. The summed E-state index contributed by atoms with van der Waals surface area (Å²) in [7, 11) is 0. The van der Waals surface area contributed by atoms with Crippen molar-refractivity contribution in [3.05, 3.63) is 17.7 Å². The lowest BCUT2D eigenvalue weighted by atomic mass is 10.1. The summed E-state index contributed by atoms with van der Waals surface area (Å²) in [4.78, 5) is 21.6. The molecule has 22 heavy (non-hydrogen) atoms. The van der Waals surface area contributed by atoms with E-state index in [0.29, 0.717) is 31.2 Å². The predicted octanol–water partition coefficient (Wildman–Crippen LogP) is 1.27. The molecular formula is C14H22N4O3S. The maximum atomic E-state index is 10.9. The second kappa shape index (κ2) is 7.75. The third-order valence-electron chi connectivity index (χ3n) is 3.80. The van der Waals surface area contributed by atoms with Crippen LogP contribution < -0.4 is 5.32 Å². The van der Waals surface area contributed by atoms with Gasteiger partial charge >= 0.3 is 6.09 Å². The summed E-state index contributed by atoms with van der Waals surface area (Å²) in [5.41, 5.74) is 0.649. The van der Waals surface area contributed by atoms with Crippen molar-refractivity contribution in [2.75, 3.05) is 25.9 Å². The standard InChI is InChI=1S/C14H22N4O3S/c1-9-15-8-12(22-2)13(17-9)11(19)7-16-10-3-5-18(6-4-10)14(20)21/h8,10-11,16,19H,3-7H2,1-2H3,(H,20,21). The molecule has 8 heteroatoms. The van der Waals surface area contributed by atoms with Crippen molar-refractivity contribution < 1.29 is 15.0 Å². The number of thioether (sulfide) groups is 1. The van der Waals surface area contributed by atoms with Crippen LogP contribution in [-0.4, -0.2) is 63.1 Å². The van der Waals surface area contributed by atoms with Crippen LogP contribution in [0.2, 0.25) is 0 Å². The van der Waals surface area contributed by atoms with Crippen LogP contribution in [0.1, 0.15) is 30.5 Å². The monoisotopic (exact) mass is 326 g/mol. The predicted molar refractivity (Wildman–Crippen MR) is 84.1 cm³/mol. The van der Waals surface area contributed by atoms with E-state index in [-0.39, 0.29) is 6.04 Å². The molecule has 3 N–H and O–H groups in total. The summed E-state index contributed by atoms with van der Waals surface area (Å²) in [6, 6.07) is 0.228. The zero-order valence-electron chi connectivity index (χ0n) is 12.8. The fourth-order valence-corrected chi connectivity index (χ4v) is 3.07. The summed E-state index contributed by atoms with van der Waals surface area (Å²) in [6.07, 6.45) is 3.63. The summed E-state index contributed by atoms with van der Waals surface area (Å²) < 4.78 is 0. The maximum Gasteiger partial charge on any atom is 0.407 e. The first-order chi connectivity index (χ1) is 10.5. The van der Waals surface area contributed by atoms with E-state index in [1.54, 1.807) is 13.1 Å². The number of aromatic nitrogens is 2. The summed E-state index contributed by atoms with van der Waals surface area (Å²) in [6.45, 7) is 3.27. The van der Waals surface area contributed by atoms with E-state index in [1.807, 2.05) is 6.26 Å². The van der Waals surface area contributed by atoms with Gasteiger partial charge in [-0.05, 0) is 26.0 Å². The Morgan fingerprint density at radius 3 is 2.82 bits per heavy atom. The van der Waals surface area contributed by atoms with Gasteiger partial charge in [-0.15, -0.1) is 11.8 Å². The molecule has 1 amide bonds. The van der Waals surface area contributed by atoms with Gasteiger partial charge in [0.2, 0.25) is 0 Å². The molecule has 1 aromatic heterocycles. The number of amides is 1. The first kappa shape index (κ1) is 17.0. The maximum absolute atomic E-state index is 10.9. The number of carbonyl (C=O) groups is 1. The molecular weight excluding hydrogens is 304 g/mol. The van der Waals surface area contributed by atoms with Crippen LogP contribution in [0, 0.1) is 6.92 Å². The molecule has 0 bridgehead atoms. The number of carboxylic acid groups (broad SMARTS) is 1. The van der Waals surface area contributed by atoms with Gasteiger partial charge in [-0.2, -0.15) is 0 Å². The van der Waals surface area contributed by atoms with Crippen LogP contribution in [-0.2, 0) is 0 Å². The minimum absolute atomic E-state index is 0.228. The van der Waals surface area contributed by atoms with E-state index in [1.165, 1.54) is 16.7 Å². The lowest BCUT2D eigenvalue weighted by Crippen LogP contribution is -2.45.